The molecule has 2 saturated carbocycles. The van der Waals surface area contributed by atoms with Gasteiger partial charge < -0.3 is 9.90 Å². The van der Waals surface area contributed by atoms with Gasteiger partial charge in [0, 0.05) is 0 Å². The van der Waals surface area contributed by atoms with Crippen LogP contribution in [0.1, 0.15) is 119 Å². The van der Waals surface area contributed by atoms with Crippen LogP contribution in [0.25, 0.3) is 0 Å². The number of rotatable bonds is 6. The van der Waals surface area contributed by atoms with Crippen molar-refractivity contribution in [3.05, 3.63) is 11.1 Å². The van der Waals surface area contributed by atoms with Gasteiger partial charge in [-0.1, -0.05) is 78.9 Å². The fraction of sp³-hybridized carbons (Fsp3) is 0.900. The van der Waals surface area contributed by atoms with Gasteiger partial charge in [0.2, 0.25) is 0 Å². The standard InChI is InChI=1S/C30H50O2/c1-20(2)9-8-10-21(3)22-14-18-30(19-31)24-11-12-25-27(4,5)26(32)15-16-28(25,6)23(24)13-17-29(22,30)7/h19-22,25-26,32H,8-18H2,1-7H3/t21-,22-,25?,26+,28-,29-,30-/m1/s1. The van der Waals surface area contributed by atoms with Crippen molar-refractivity contribution < 1.29 is 9.90 Å². The van der Waals surface area contributed by atoms with E-state index in [0.717, 1.165) is 38.0 Å². The molecule has 1 unspecified atom stereocenters. The third-order valence-corrected chi connectivity index (χ3v) is 11.6. The molecule has 2 heteroatoms. The quantitative estimate of drug-likeness (QED) is 0.337. The molecule has 0 bridgehead atoms. The van der Waals surface area contributed by atoms with Gasteiger partial charge in [0.05, 0.1) is 11.5 Å². The van der Waals surface area contributed by atoms with Crippen molar-refractivity contribution in [2.75, 3.05) is 0 Å². The summed E-state index contributed by atoms with van der Waals surface area (Å²) in [6.07, 6.45) is 14.0. The van der Waals surface area contributed by atoms with E-state index in [-0.39, 0.29) is 27.8 Å². The summed E-state index contributed by atoms with van der Waals surface area (Å²) in [4.78, 5) is 13.1. The normalized spacial score (nSPS) is 44.1. The van der Waals surface area contributed by atoms with E-state index in [4.69, 9.17) is 0 Å². The number of carbonyl (C=O) groups is 1. The molecule has 32 heavy (non-hydrogen) atoms. The Morgan fingerprint density at radius 3 is 2.31 bits per heavy atom. The Hall–Kier alpha value is -0.630. The van der Waals surface area contributed by atoms with Gasteiger partial charge in [0.1, 0.15) is 6.29 Å². The first kappa shape index (κ1) is 24.5. The molecule has 0 saturated heterocycles. The lowest BCUT2D eigenvalue weighted by Crippen LogP contribution is -2.55. The summed E-state index contributed by atoms with van der Waals surface area (Å²) in [7, 11) is 0. The topological polar surface area (TPSA) is 37.3 Å². The molecular formula is C30H50O2. The van der Waals surface area contributed by atoms with Gasteiger partial charge in [-0.15, -0.1) is 0 Å². The summed E-state index contributed by atoms with van der Waals surface area (Å²) in [6, 6.07) is 0. The summed E-state index contributed by atoms with van der Waals surface area (Å²) < 4.78 is 0. The molecule has 0 aromatic carbocycles. The third kappa shape index (κ3) is 3.32. The van der Waals surface area contributed by atoms with Gasteiger partial charge in [0.25, 0.3) is 0 Å². The highest BCUT2D eigenvalue weighted by Crippen LogP contribution is 2.72. The van der Waals surface area contributed by atoms with Crippen molar-refractivity contribution in [3.63, 3.8) is 0 Å². The molecule has 0 spiro atoms. The molecule has 4 rings (SSSR count). The molecule has 182 valence electrons. The molecule has 2 fully saturated rings. The monoisotopic (exact) mass is 442 g/mol. The molecule has 0 amide bonds. The second-order valence-electron chi connectivity index (χ2n) is 13.8. The highest BCUT2D eigenvalue weighted by Gasteiger charge is 2.65. The minimum atomic E-state index is -0.230. The SMILES string of the molecule is CC(C)CCC[C@@H](C)[C@H]1CC[C@@]2(C=O)C3=C(CC[C@]12C)[C@@]1(C)CC[C@H](O)C(C)(C)C1CC3. The Labute approximate surface area is 198 Å². The average molecular weight is 443 g/mol. The van der Waals surface area contributed by atoms with E-state index in [1.807, 2.05) is 0 Å². The summed E-state index contributed by atoms with van der Waals surface area (Å²) in [5, 5.41) is 10.8. The summed E-state index contributed by atoms with van der Waals surface area (Å²) in [5.74, 6) is 2.69. The molecule has 4 aliphatic carbocycles. The number of carbonyl (C=O) groups excluding carboxylic acids is 1. The molecule has 0 heterocycles. The maximum Gasteiger partial charge on any atom is 0.130 e. The average Bonchev–Trinajstić information content (AvgIpc) is 3.04. The van der Waals surface area contributed by atoms with Crippen LogP contribution in [0.3, 0.4) is 0 Å². The highest BCUT2D eigenvalue weighted by atomic mass is 16.3. The van der Waals surface area contributed by atoms with E-state index in [9.17, 15) is 9.90 Å². The molecule has 0 aromatic heterocycles. The lowest BCUT2D eigenvalue weighted by molar-refractivity contribution is -0.125. The van der Waals surface area contributed by atoms with Gasteiger partial charge >= 0.3 is 0 Å². The number of aldehydes is 1. The number of hydrogen-bond acceptors (Lipinski definition) is 2. The van der Waals surface area contributed by atoms with Crippen LogP contribution in [0.15, 0.2) is 11.1 Å². The Balaban J connectivity index is 1.67. The van der Waals surface area contributed by atoms with E-state index in [1.54, 1.807) is 11.1 Å². The predicted molar refractivity (Wildman–Crippen MR) is 133 cm³/mol. The van der Waals surface area contributed by atoms with Crippen molar-refractivity contribution in [1.82, 2.24) is 0 Å². The smallest absolute Gasteiger partial charge is 0.130 e. The zero-order chi connectivity index (χ0) is 23.5. The van der Waals surface area contributed by atoms with Gasteiger partial charge in [-0.3, -0.25) is 0 Å². The second-order valence-corrected chi connectivity index (χ2v) is 13.8. The van der Waals surface area contributed by atoms with Crippen LogP contribution in [0.5, 0.6) is 0 Å². The first-order chi connectivity index (χ1) is 14.9. The van der Waals surface area contributed by atoms with Crippen LogP contribution in [0.4, 0.5) is 0 Å². The molecule has 0 aliphatic heterocycles. The lowest BCUT2D eigenvalue weighted by atomic mass is 9.43. The first-order valence-corrected chi connectivity index (χ1v) is 13.8. The zero-order valence-corrected chi connectivity index (χ0v) is 22.1. The Morgan fingerprint density at radius 1 is 0.938 bits per heavy atom. The van der Waals surface area contributed by atoms with Gasteiger partial charge in [-0.05, 0) is 91.3 Å². The van der Waals surface area contributed by atoms with Crippen LogP contribution >= 0.6 is 0 Å². The molecule has 0 radical (unpaired) electrons. The van der Waals surface area contributed by atoms with Crippen LogP contribution in [-0.4, -0.2) is 17.5 Å². The molecular weight excluding hydrogens is 392 g/mol. The van der Waals surface area contributed by atoms with Crippen molar-refractivity contribution in [2.45, 2.75) is 125 Å². The van der Waals surface area contributed by atoms with Crippen molar-refractivity contribution in [2.24, 2.45) is 45.3 Å². The Bertz CT molecular complexity index is 763. The van der Waals surface area contributed by atoms with Gasteiger partial charge in [-0.2, -0.15) is 0 Å². The summed E-state index contributed by atoms with van der Waals surface area (Å²) in [6.45, 7) is 16.7. The van der Waals surface area contributed by atoms with Gasteiger partial charge in [-0.25, -0.2) is 0 Å². The largest absolute Gasteiger partial charge is 0.393 e. The van der Waals surface area contributed by atoms with Crippen molar-refractivity contribution in [1.29, 1.82) is 0 Å². The second kappa shape index (κ2) is 8.24. The highest BCUT2D eigenvalue weighted by molar-refractivity contribution is 5.70. The Kier molecular flexibility index (Phi) is 6.31. The third-order valence-electron chi connectivity index (χ3n) is 11.6. The fourth-order valence-corrected chi connectivity index (χ4v) is 9.63. The molecule has 2 nitrogen and oxygen atoms in total. The van der Waals surface area contributed by atoms with E-state index in [0.29, 0.717) is 17.8 Å². The summed E-state index contributed by atoms with van der Waals surface area (Å²) in [5.41, 5.74) is 3.22. The van der Waals surface area contributed by atoms with Crippen molar-refractivity contribution >= 4 is 6.29 Å². The minimum absolute atomic E-state index is 0.0379. The molecule has 7 atom stereocenters. The van der Waals surface area contributed by atoms with Gasteiger partial charge in [0.15, 0.2) is 0 Å². The van der Waals surface area contributed by atoms with Crippen LogP contribution in [0.2, 0.25) is 0 Å². The minimum Gasteiger partial charge on any atom is -0.393 e. The predicted octanol–water partition coefficient (Wildman–Crippen LogP) is 7.74. The number of fused-ring (bicyclic) bond motifs is 4. The van der Waals surface area contributed by atoms with Crippen LogP contribution < -0.4 is 0 Å². The Morgan fingerprint density at radius 2 is 1.66 bits per heavy atom. The maximum atomic E-state index is 13.1. The van der Waals surface area contributed by atoms with E-state index < -0.39 is 0 Å². The van der Waals surface area contributed by atoms with Crippen LogP contribution in [0, 0.1) is 45.3 Å². The zero-order valence-electron chi connectivity index (χ0n) is 22.1. The molecule has 1 N–H and O–H groups in total. The first-order valence-electron chi connectivity index (χ1n) is 13.8. The number of hydrogen-bond donors (Lipinski definition) is 1. The lowest BCUT2D eigenvalue weighted by Gasteiger charge is -2.61. The molecule has 4 aliphatic rings. The van der Waals surface area contributed by atoms with E-state index >= 15 is 0 Å². The fourth-order valence-electron chi connectivity index (χ4n) is 9.63. The van der Waals surface area contributed by atoms with Crippen molar-refractivity contribution in [3.8, 4) is 0 Å². The number of aliphatic hydroxyl groups is 1. The maximum absolute atomic E-state index is 13.1. The van der Waals surface area contributed by atoms with E-state index in [2.05, 4.69) is 48.5 Å². The van der Waals surface area contributed by atoms with E-state index in [1.165, 1.54) is 44.8 Å². The summed E-state index contributed by atoms with van der Waals surface area (Å²) >= 11 is 0. The van der Waals surface area contributed by atoms with Crippen LogP contribution in [-0.2, 0) is 4.79 Å². The molecule has 0 aromatic rings. The number of allylic oxidation sites excluding steroid dienone is 2. The number of aliphatic hydroxyl groups excluding tert-OH is 1.